The normalized spacial score (nSPS) is 17.3. The van der Waals surface area contributed by atoms with E-state index in [1.807, 2.05) is 62.1 Å². The van der Waals surface area contributed by atoms with Crippen molar-refractivity contribution in [1.29, 1.82) is 0 Å². The van der Waals surface area contributed by atoms with Gasteiger partial charge in [-0.2, -0.15) is 0 Å². The van der Waals surface area contributed by atoms with E-state index in [0.717, 1.165) is 29.7 Å². The van der Waals surface area contributed by atoms with Crippen LogP contribution in [0.1, 0.15) is 50.8 Å². The molecule has 0 saturated carbocycles. The molecule has 31 heavy (non-hydrogen) atoms. The van der Waals surface area contributed by atoms with Crippen LogP contribution < -0.4 is 14.8 Å². The second-order valence-corrected chi connectivity index (χ2v) is 8.72. The van der Waals surface area contributed by atoms with Gasteiger partial charge in [-0.3, -0.25) is 0 Å². The summed E-state index contributed by atoms with van der Waals surface area (Å²) in [5, 5.41) is 3.65. The molecule has 0 radical (unpaired) electrons. The number of hydrogen-bond donors (Lipinski definition) is 1. The number of hydrogen-bond acceptors (Lipinski definition) is 6. The highest BCUT2D eigenvalue weighted by atomic mass is 16.6. The predicted molar refractivity (Wildman–Crippen MR) is 119 cm³/mol. The van der Waals surface area contributed by atoms with Crippen molar-refractivity contribution >= 4 is 6.09 Å². The Kier molecular flexibility index (Phi) is 7.38. The second-order valence-electron chi connectivity index (χ2n) is 8.72. The van der Waals surface area contributed by atoms with Crippen molar-refractivity contribution in [1.82, 2.24) is 15.2 Å². The zero-order valence-electron chi connectivity index (χ0n) is 19.1. The molecule has 0 aliphatic carbocycles. The highest BCUT2D eigenvalue weighted by Gasteiger charge is 2.37. The SMILES string of the molecule is COc1ccc([C@@H](NCc2ccc(OC)nc2)[C@H]2CCCN2C(=O)OC(C)(C)C)cc1. The minimum absolute atomic E-state index is 0.00514. The smallest absolute Gasteiger partial charge is 0.410 e. The summed E-state index contributed by atoms with van der Waals surface area (Å²) < 4.78 is 16.1. The quantitative estimate of drug-likeness (QED) is 0.709. The van der Waals surface area contributed by atoms with Gasteiger partial charge in [-0.25, -0.2) is 9.78 Å². The third-order valence-electron chi connectivity index (χ3n) is 5.32. The van der Waals surface area contributed by atoms with Crippen molar-refractivity contribution in [3.05, 3.63) is 53.7 Å². The van der Waals surface area contributed by atoms with Gasteiger partial charge < -0.3 is 24.4 Å². The molecule has 1 aromatic carbocycles. The summed E-state index contributed by atoms with van der Waals surface area (Å²) in [4.78, 5) is 19.0. The molecule has 0 bridgehead atoms. The third kappa shape index (κ3) is 6.10. The Morgan fingerprint density at radius 2 is 1.90 bits per heavy atom. The van der Waals surface area contributed by atoms with Gasteiger partial charge in [0, 0.05) is 25.4 Å². The van der Waals surface area contributed by atoms with Crippen LogP contribution in [-0.4, -0.2) is 48.4 Å². The van der Waals surface area contributed by atoms with Crippen molar-refractivity contribution in [3.8, 4) is 11.6 Å². The number of likely N-dealkylation sites (tertiary alicyclic amines) is 1. The van der Waals surface area contributed by atoms with Crippen molar-refractivity contribution in [3.63, 3.8) is 0 Å². The number of rotatable bonds is 7. The topological polar surface area (TPSA) is 72.9 Å². The molecule has 7 heteroatoms. The second kappa shape index (κ2) is 10.0. The molecule has 1 amide bonds. The maximum Gasteiger partial charge on any atom is 0.410 e. The van der Waals surface area contributed by atoms with Crippen LogP contribution in [0.25, 0.3) is 0 Å². The van der Waals surface area contributed by atoms with E-state index in [1.165, 1.54) is 0 Å². The van der Waals surface area contributed by atoms with E-state index in [9.17, 15) is 4.79 Å². The van der Waals surface area contributed by atoms with Crippen molar-refractivity contribution < 1.29 is 19.0 Å². The highest BCUT2D eigenvalue weighted by Crippen LogP contribution is 2.32. The summed E-state index contributed by atoms with van der Waals surface area (Å²) in [6, 6.07) is 11.8. The zero-order chi connectivity index (χ0) is 22.4. The number of carbonyl (C=O) groups is 1. The van der Waals surface area contributed by atoms with Gasteiger partial charge in [-0.1, -0.05) is 18.2 Å². The lowest BCUT2D eigenvalue weighted by Crippen LogP contribution is -2.45. The molecule has 1 N–H and O–H groups in total. The molecule has 0 spiro atoms. The van der Waals surface area contributed by atoms with Crippen molar-refractivity contribution in [2.75, 3.05) is 20.8 Å². The number of amides is 1. The van der Waals surface area contributed by atoms with Gasteiger partial charge in [0.15, 0.2) is 0 Å². The van der Waals surface area contributed by atoms with Gasteiger partial charge >= 0.3 is 6.09 Å². The van der Waals surface area contributed by atoms with E-state index < -0.39 is 5.60 Å². The Bertz CT molecular complexity index is 847. The fourth-order valence-electron chi connectivity index (χ4n) is 3.84. The number of ether oxygens (including phenoxy) is 3. The average Bonchev–Trinajstić information content (AvgIpc) is 3.23. The van der Waals surface area contributed by atoms with Crippen LogP contribution in [0, 0.1) is 0 Å². The van der Waals surface area contributed by atoms with E-state index in [0.29, 0.717) is 19.0 Å². The predicted octanol–water partition coefficient (Wildman–Crippen LogP) is 4.33. The number of pyridine rings is 1. The standard InChI is InChI=1S/C24H33N3O4/c1-24(2,3)31-23(28)27-14-6-7-20(27)22(18-9-11-19(29-4)12-10-18)26-16-17-8-13-21(30-5)25-15-17/h8-13,15,20,22,26H,6-7,14,16H2,1-5H3/t20-,22-/m1/s1. The molecule has 2 atom stereocenters. The van der Waals surface area contributed by atoms with Crippen molar-refractivity contribution in [2.24, 2.45) is 0 Å². The van der Waals surface area contributed by atoms with Gasteiger partial charge in [0.1, 0.15) is 11.4 Å². The van der Waals surface area contributed by atoms with Gasteiger partial charge in [0.25, 0.3) is 0 Å². The fraction of sp³-hybridized carbons (Fsp3) is 0.500. The minimum Gasteiger partial charge on any atom is -0.497 e. The lowest BCUT2D eigenvalue weighted by molar-refractivity contribution is 0.0194. The first-order valence-corrected chi connectivity index (χ1v) is 10.7. The number of methoxy groups -OCH3 is 2. The summed E-state index contributed by atoms with van der Waals surface area (Å²) in [6.07, 6.45) is 3.39. The molecule has 7 nitrogen and oxygen atoms in total. The van der Waals surface area contributed by atoms with E-state index in [1.54, 1.807) is 20.4 Å². The molecule has 1 fully saturated rings. The van der Waals surface area contributed by atoms with Gasteiger partial charge in [0.2, 0.25) is 5.88 Å². The van der Waals surface area contributed by atoms with E-state index in [-0.39, 0.29) is 18.2 Å². The third-order valence-corrected chi connectivity index (χ3v) is 5.32. The van der Waals surface area contributed by atoms with Gasteiger partial charge in [0.05, 0.1) is 26.3 Å². The van der Waals surface area contributed by atoms with E-state index in [4.69, 9.17) is 14.2 Å². The molecule has 2 aromatic rings. The van der Waals surface area contributed by atoms with Crippen LogP contribution in [0.15, 0.2) is 42.6 Å². The largest absolute Gasteiger partial charge is 0.497 e. The molecule has 1 saturated heterocycles. The molecule has 1 aliphatic heterocycles. The van der Waals surface area contributed by atoms with Crippen LogP contribution in [0.4, 0.5) is 4.79 Å². The minimum atomic E-state index is -0.526. The lowest BCUT2D eigenvalue weighted by Gasteiger charge is -2.34. The molecule has 2 heterocycles. The maximum absolute atomic E-state index is 12.9. The first kappa shape index (κ1) is 22.9. The lowest BCUT2D eigenvalue weighted by atomic mass is 9.97. The van der Waals surface area contributed by atoms with Crippen LogP contribution >= 0.6 is 0 Å². The van der Waals surface area contributed by atoms with Gasteiger partial charge in [-0.05, 0) is 56.9 Å². The first-order valence-electron chi connectivity index (χ1n) is 10.7. The maximum atomic E-state index is 12.9. The van der Waals surface area contributed by atoms with E-state index >= 15 is 0 Å². The molecule has 3 rings (SSSR count). The Morgan fingerprint density at radius 3 is 2.48 bits per heavy atom. The van der Waals surface area contributed by atoms with Crippen LogP contribution in [-0.2, 0) is 11.3 Å². The van der Waals surface area contributed by atoms with E-state index in [2.05, 4.69) is 10.3 Å². The zero-order valence-corrected chi connectivity index (χ0v) is 19.1. The number of nitrogens with zero attached hydrogens (tertiary/aromatic N) is 2. The number of aromatic nitrogens is 1. The fourth-order valence-corrected chi connectivity index (χ4v) is 3.84. The van der Waals surface area contributed by atoms with Gasteiger partial charge in [-0.15, -0.1) is 0 Å². The average molecular weight is 428 g/mol. The summed E-state index contributed by atoms with van der Waals surface area (Å²) in [6.45, 7) is 6.99. The molecule has 1 aliphatic rings. The number of carbonyl (C=O) groups excluding carboxylic acids is 1. The molecule has 0 unspecified atom stereocenters. The first-order chi connectivity index (χ1) is 14.8. The van der Waals surface area contributed by atoms with Crippen LogP contribution in [0.3, 0.4) is 0 Å². The highest BCUT2D eigenvalue weighted by molar-refractivity contribution is 5.69. The Morgan fingerprint density at radius 1 is 1.16 bits per heavy atom. The molecule has 1 aromatic heterocycles. The Balaban J connectivity index is 1.82. The molecular formula is C24H33N3O4. The summed E-state index contributed by atoms with van der Waals surface area (Å²) in [5.74, 6) is 1.39. The monoisotopic (exact) mass is 427 g/mol. The van der Waals surface area contributed by atoms with Crippen molar-refractivity contribution in [2.45, 2.75) is 57.8 Å². The molecular weight excluding hydrogens is 394 g/mol. The van der Waals surface area contributed by atoms with Crippen LogP contribution in [0.2, 0.25) is 0 Å². The number of nitrogens with one attached hydrogen (secondary N) is 1. The summed E-state index contributed by atoms with van der Waals surface area (Å²) >= 11 is 0. The summed E-state index contributed by atoms with van der Waals surface area (Å²) in [5.41, 5.74) is 1.62. The Hall–Kier alpha value is -2.80. The van der Waals surface area contributed by atoms with Crippen LogP contribution in [0.5, 0.6) is 11.6 Å². The Labute approximate surface area is 184 Å². The number of benzene rings is 1. The molecule has 168 valence electrons. The summed E-state index contributed by atoms with van der Waals surface area (Å²) in [7, 11) is 3.26.